The molecule has 0 aliphatic rings. The van der Waals surface area contributed by atoms with Gasteiger partial charge in [0.25, 0.3) is 0 Å². The average Bonchev–Trinajstić information content (AvgIpc) is 3.28. The van der Waals surface area contributed by atoms with E-state index in [0.29, 0.717) is 43.3 Å². The molecule has 0 atom stereocenters. The summed E-state index contributed by atoms with van der Waals surface area (Å²) in [6.07, 6.45) is 2.82. The first-order valence-corrected chi connectivity index (χ1v) is 14.6. The minimum Gasteiger partial charge on any atom is -0.396 e. The summed E-state index contributed by atoms with van der Waals surface area (Å²) in [7, 11) is -3.38. The van der Waals surface area contributed by atoms with E-state index in [1.54, 1.807) is 79.2 Å². The number of sulfone groups is 1. The molecule has 0 saturated carbocycles. The maximum Gasteiger partial charge on any atom is 0.183 e. The summed E-state index contributed by atoms with van der Waals surface area (Å²) in [5.74, 6) is 0.0806. The SMILES string of the molecule is CC(C)(CO)CC(=O)c1cn(-c2ccc(-c3cccc(S(C)(=O)=O)c3)cc2Cl)c(-c2c(Cl)cccc2Cl)n1. The van der Waals surface area contributed by atoms with Gasteiger partial charge in [-0.15, -0.1) is 0 Å². The predicted molar refractivity (Wildman–Crippen MR) is 152 cm³/mol. The molecular formula is C28H25Cl3N2O4S. The molecule has 1 aromatic heterocycles. The molecule has 6 nitrogen and oxygen atoms in total. The summed E-state index contributed by atoms with van der Waals surface area (Å²) in [6, 6.07) is 16.9. The van der Waals surface area contributed by atoms with Gasteiger partial charge in [0, 0.05) is 25.5 Å². The first-order chi connectivity index (χ1) is 17.8. The van der Waals surface area contributed by atoms with Gasteiger partial charge in [0.1, 0.15) is 11.5 Å². The zero-order valence-corrected chi connectivity index (χ0v) is 24.0. The number of Topliss-reactive ketones (excluding diaryl/α,β-unsaturated/α-hetero) is 1. The van der Waals surface area contributed by atoms with Gasteiger partial charge in [0.2, 0.25) is 0 Å². The minimum absolute atomic E-state index is 0.0829. The van der Waals surface area contributed by atoms with Gasteiger partial charge in [0.05, 0.1) is 31.2 Å². The second-order valence-electron chi connectivity index (χ2n) is 9.80. The summed E-state index contributed by atoms with van der Waals surface area (Å²) in [4.78, 5) is 17.9. The van der Waals surface area contributed by atoms with E-state index in [4.69, 9.17) is 34.8 Å². The molecule has 0 saturated heterocycles. The van der Waals surface area contributed by atoms with Crippen LogP contribution in [0.15, 0.2) is 71.8 Å². The Kier molecular flexibility index (Phi) is 8.07. The molecular weight excluding hydrogens is 567 g/mol. The van der Waals surface area contributed by atoms with Gasteiger partial charge in [-0.25, -0.2) is 13.4 Å². The number of benzene rings is 3. The Morgan fingerprint density at radius 2 is 1.58 bits per heavy atom. The molecule has 3 aromatic carbocycles. The van der Waals surface area contributed by atoms with Crippen LogP contribution < -0.4 is 0 Å². The topological polar surface area (TPSA) is 89.3 Å². The van der Waals surface area contributed by atoms with Gasteiger partial charge in [-0.1, -0.05) is 72.9 Å². The molecule has 4 aromatic rings. The highest BCUT2D eigenvalue weighted by Gasteiger charge is 2.26. The van der Waals surface area contributed by atoms with Crippen LogP contribution in [-0.2, 0) is 9.84 Å². The molecule has 38 heavy (non-hydrogen) atoms. The molecule has 0 spiro atoms. The van der Waals surface area contributed by atoms with Gasteiger partial charge in [0.15, 0.2) is 15.6 Å². The number of hydrogen-bond acceptors (Lipinski definition) is 5. The van der Waals surface area contributed by atoms with E-state index in [9.17, 15) is 18.3 Å². The summed E-state index contributed by atoms with van der Waals surface area (Å²) in [5, 5.41) is 10.7. The summed E-state index contributed by atoms with van der Waals surface area (Å²) in [6.45, 7) is 3.43. The van der Waals surface area contributed by atoms with Gasteiger partial charge in [-0.3, -0.25) is 9.36 Å². The number of aliphatic hydroxyl groups is 1. The number of hydrogen-bond donors (Lipinski definition) is 1. The first kappa shape index (κ1) is 28.3. The van der Waals surface area contributed by atoms with Crippen molar-refractivity contribution in [2.75, 3.05) is 12.9 Å². The highest BCUT2D eigenvalue weighted by molar-refractivity contribution is 7.90. The molecule has 1 heterocycles. The minimum atomic E-state index is -3.38. The third kappa shape index (κ3) is 5.98. The van der Waals surface area contributed by atoms with Crippen molar-refractivity contribution in [2.24, 2.45) is 5.41 Å². The standard InChI is InChI=1S/C28H25Cl3N2O4S/c1-28(2,16-34)14-25(35)23-15-33(27(32-23)26-20(29)8-5-9-21(26)30)24-11-10-18(13-22(24)31)17-6-4-7-19(12-17)38(3,36)37/h4-13,15,34H,14,16H2,1-3H3. The number of carbonyl (C=O) groups excluding carboxylic acids is 1. The molecule has 198 valence electrons. The van der Waals surface area contributed by atoms with Crippen molar-refractivity contribution in [3.05, 3.63) is 87.6 Å². The van der Waals surface area contributed by atoms with E-state index < -0.39 is 15.3 Å². The lowest BCUT2D eigenvalue weighted by Crippen LogP contribution is -2.21. The van der Waals surface area contributed by atoms with Crippen LogP contribution in [0.25, 0.3) is 28.2 Å². The van der Waals surface area contributed by atoms with Gasteiger partial charge >= 0.3 is 0 Å². The molecule has 1 N–H and O–H groups in total. The van der Waals surface area contributed by atoms with Crippen LogP contribution in [0, 0.1) is 5.41 Å². The third-order valence-corrected chi connectivity index (χ3v) is 8.09. The van der Waals surface area contributed by atoms with Crippen LogP contribution in [0.2, 0.25) is 15.1 Å². The molecule has 0 amide bonds. The quantitative estimate of drug-likeness (QED) is 0.220. The Morgan fingerprint density at radius 1 is 0.947 bits per heavy atom. The van der Waals surface area contributed by atoms with Crippen LogP contribution in [0.3, 0.4) is 0 Å². The summed E-state index contributed by atoms with van der Waals surface area (Å²) < 4.78 is 25.7. The van der Waals surface area contributed by atoms with Crippen molar-refractivity contribution in [2.45, 2.75) is 25.2 Å². The molecule has 0 radical (unpaired) electrons. The lowest BCUT2D eigenvalue weighted by Gasteiger charge is -2.19. The maximum atomic E-state index is 13.1. The highest BCUT2D eigenvalue weighted by Crippen LogP contribution is 2.38. The number of nitrogens with zero attached hydrogens (tertiary/aromatic N) is 2. The van der Waals surface area contributed by atoms with Crippen molar-refractivity contribution in [3.8, 4) is 28.2 Å². The normalized spacial score (nSPS) is 12.1. The van der Waals surface area contributed by atoms with Crippen LogP contribution in [0.4, 0.5) is 0 Å². The zero-order chi connectivity index (χ0) is 27.8. The maximum absolute atomic E-state index is 13.1. The molecule has 10 heteroatoms. The van der Waals surface area contributed by atoms with E-state index in [0.717, 1.165) is 6.26 Å². The second-order valence-corrected chi connectivity index (χ2v) is 13.0. The predicted octanol–water partition coefficient (Wildman–Crippen LogP) is 7.16. The Labute approximate surface area is 236 Å². The number of aromatic nitrogens is 2. The Hall–Kier alpha value is -2.68. The fourth-order valence-electron chi connectivity index (χ4n) is 3.96. The largest absolute Gasteiger partial charge is 0.396 e. The van der Waals surface area contributed by atoms with Crippen molar-refractivity contribution in [3.63, 3.8) is 0 Å². The fourth-order valence-corrected chi connectivity index (χ4v) is 5.46. The van der Waals surface area contributed by atoms with E-state index in [1.807, 2.05) is 0 Å². The van der Waals surface area contributed by atoms with Crippen molar-refractivity contribution in [1.82, 2.24) is 9.55 Å². The van der Waals surface area contributed by atoms with E-state index >= 15 is 0 Å². The summed E-state index contributed by atoms with van der Waals surface area (Å²) >= 11 is 19.7. The molecule has 0 bridgehead atoms. The molecule has 4 rings (SSSR count). The number of rotatable bonds is 8. The lowest BCUT2D eigenvalue weighted by molar-refractivity contribution is 0.0854. The Balaban J connectivity index is 1.85. The number of aliphatic hydroxyl groups excluding tert-OH is 1. The van der Waals surface area contributed by atoms with Crippen LogP contribution >= 0.6 is 34.8 Å². The monoisotopic (exact) mass is 590 g/mol. The fraction of sp³-hybridized carbons (Fsp3) is 0.214. The molecule has 0 fully saturated rings. The van der Waals surface area contributed by atoms with Crippen molar-refractivity contribution in [1.29, 1.82) is 0 Å². The highest BCUT2D eigenvalue weighted by atomic mass is 35.5. The first-order valence-electron chi connectivity index (χ1n) is 11.6. The van der Waals surface area contributed by atoms with Gasteiger partial charge < -0.3 is 5.11 Å². The van der Waals surface area contributed by atoms with Gasteiger partial charge in [-0.05, 0) is 52.9 Å². The van der Waals surface area contributed by atoms with E-state index in [1.165, 1.54) is 6.07 Å². The van der Waals surface area contributed by atoms with Crippen LogP contribution in [-0.4, -0.2) is 41.7 Å². The zero-order valence-electron chi connectivity index (χ0n) is 20.9. The van der Waals surface area contributed by atoms with E-state index in [-0.39, 0.29) is 29.4 Å². The number of ketones is 1. The lowest BCUT2D eigenvalue weighted by atomic mass is 9.88. The molecule has 0 unspecified atom stereocenters. The molecule has 0 aliphatic heterocycles. The number of carbonyl (C=O) groups is 1. The summed E-state index contributed by atoms with van der Waals surface area (Å²) in [5.41, 5.74) is 1.92. The van der Waals surface area contributed by atoms with Crippen LogP contribution in [0.1, 0.15) is 30.8 Å². The van der Waals surface area contributed by atoms with Crippen molar-refractivity contribution < 1.29 is 18.3 Å². The Bertz CT molecular complexity index is 1630. The van der Waals surface area contributed by atoms with Crippen molar-refractivity contribution >= 4 is 50.4 Å². The van der Waals surface area contributed by atoms with Gasteiger partial charge in [-0.2, -0.15) is 0 Å². The smallest absolute Gasteiger partial charge is 0.183 e. The van der Waals surface area contributed by atoms with Crippen LogP contribution in [0.5, 0.6) is 0 Å². The number of imidazole rings is 1. The van der Waals surface area contributed by atoms with E-state index in [2.05, 4.69) is 4.98 Å². The second kappa shape index (κ2) is 10.8. The molecule has 0 aliphatic carbocycles. The number of halogens is 3. The third-order valence-electron chi connectivity index (χ3n) is 6.05. The average molecular weight is 592 g/mol. The Morgan fingerprint density at radius 3 is 2.18 bits per heavy atom.